The lowest BCUT2D eigenvalue weighted by molar-refractivity contribution is 1.34. The van der Waals surface area contributed by atoms with Crippen molar-refractivity contribution in [1.82, 2.24) is 0 Å². The van der Waals surface area contributed by atoms with Crippen molar-refractivity contribution in [3.05, 3.63) is 182 Å². The number of hydrogen-bond donors (Lipinski definition) is 0. The van der Waals surface area contributed by atoms with E-state index in [9.17, 15) is 0 Å². The van der Waals surface area contributed by atoms with E-state index in [1.165, 1.54) is 100 Å². The van der Waals surface area contributed by atoms with Crippen LogP contribution in [0.2, 0.25) is 0 Å². The van der Waals surface area contributed by atoms with E-state index in [0.717, 1.165) is 0 Å². The molecule has 0 fully saturated rings. The van der Waals surface area contributed by atoms with Gasteiger partial charge in [-0.3, -0.25) is 0 Å². The lowest BCUT2D eigenvalue weighted by Crippen LogP contribution is -2.59. The highest BCUT2D eigenvalue weighted by molar-refractivity contribution is 6.93. The highest BCUT2D eigenvalue weighted by atomic mass is 15.1. The summed E-state index contributed by atoms with van der Waals surface area (Å²) in [4.78, 5) is 5.19. The predicted octanol–water partition coefficient (Wildman–Crippen LogP) is 9.16. The minimum Gasteiger partial charge on any atom is -0.376 e. The molecule has 4 heteroatoms. The van der Waals surface area contributed by atoms with E-state index in [1.54, 1.807) is 0 Å². The van der Waals surface area contributed by atoms with Gasteiger partial charge in [0, 0.05) is 45.0 Å². The third-order valence-corrected chi connectivity index (χ3v) is 11.9. The summed E-state index contributed by atoms with van der Waals surface area (Å²) in [5.74, 6) is 0. The molecular formula is C48H30B2N2. The average Bonchev–Trinajstić information content (AvgIpc) is 3.23. The third kappa shape index (κ3) is 3.66. The predicted molar refractivity (Wildman–Crippen MR) is 221 cm³/mol. The summed E-state index contributed by atoms with van der Waals surface area (Å²) in [6, 6.07) is 68.0. The Labute approximate surface area is 304 Å². The van der Waals surface area contributed by atoms with Crippen molar-refractivity contribution in [3.63, 3.8) is 0 Å². The van der Waals surface area contributed by atoms with E-state index in [-0.39, 0.29) is 13.7 Å². The van der Waals surface area contributed by atoms with Crippen molar-refractivity contribution >= 4 is 58.3 Å². The zero-order valence-corrected chi connectivity index (χ0v) is 28.4. The Morgan fingerprint density at radius 2 is 0.654 bits per heavy atom. The van der Waals surface area contributed by atoms with Gasteiger partial charge in [0.2, 0.25) is 0 Å². The topological polar surface area (TPSA) is 6.48 Å². The zero-order valence-electron chi connectivity index (χ0n) is 28.4. The SMILES string of the molecule is c1ccc2c(c1)B1c3cc(-c4cccc5c4-c4ccccc4B4c6ccccc6-c6ccccc6N45)ccc3-c3ccccc3N1c1ccccc1-2. The Morgan fingerprint density at radius 1 is 0.269 bits per heavy atom. The Hall–Kier alpha value is -6.51. The minimum absolute atomic E-state index is 0.0534. The molecule has 8 aromatic carbocycles. The van der Waals surface area contributed by atoms with Crippen molar-refractivity contribution < 1.29 is 0 Å². The smallest absolute Gasteiger partial charge is 0.329 e. The van der Waals surface area contributed by atoms with Crippen molar-refractivity contribution in [2.45, 2.75) is 0 Å². The van der Waals surface area contributed by atoms with Crippen LogP contribution in [0.4, 0.5) is 22.7 Å². The summed E-state index contributed by atoms with van der Waals surface area (Å²) in [5, 5.41) is 0. The number of anilines is 4. The van der Waals surface area contributed by atoms with Gasteiger partial charge in [-0.15, -0.1) is 0 Å². The molecule has 0 spiro atoms. The fourth-order valence-electron chi connectivity index (χ4n) is 9.83. The first-order chi connectivity index (χ1) is 25.8. The summed E-state index contributed by atoms with van der Waals surface area (Å²) < 4.78 is 0. The molecule has 8 aromatic rings. The van der Waals surface area contributed by atoms with Gasteiger partial charge in [-0.25, -0.2) is 0 Å². The van der Waals surface area contributed by atoms with Crippen LogP contribution in [0.15, 0.2) is 182 Å². The van der Waals surface area contributed by atoms with Gasteiger partial charge in [-0.1, -0.05) is 158 Å². The average molecular weight is 656 g/mol. The van der Waals surface area contributed by atoms with Crippen LogP contribution in [-0.2, 0) is 0 Å². The minimum atomic E-state index is 0.0534. The normalized spacial score (nSPS) is 13.6. The van der Waals surface area contributed by atoms with E-state index >= 15 is 0 Å². The molecule has 0 bridgehead atoms. The van der Waals surface area contributed by atoms with Gasteiger partial charge in [0.1, 0.15) is 0 Å². The number of para-hydroxylation sites is 3. The Bertz CT molecular complexity index is 2800. The van der Waals surface area contributed by atoms with Crippen LogP contribution in [0.25, 0.3) is 55.6 Å². The molecule has 0 saturated carbocycles. The molecule has 0 amide bonds. The largest absolute Gasteiger partial charge is 0.376 e. The van der Waals surface area contributed by atoms with Crippen LogP contribution >= 0.6 is 0 Å². The lowest BCUT2D eigenvalue weighted by Gasteiger charge is -2.44. The highest BCUT2D eigenvalue weighted by Gasteiger charge is 2.44. The van der Waals surface area contributed by atoms with Crippen molar-refractivity contribution in [3.8, 4) is 55.6 Å². The molecule has 4 aliphatic rings. The van der Waals surface area contributed by atoms with Crippen LogP contribution in [0.5, 0.6) is 0 Å². The molecule has 4 aliphatic heterocycles. The number of fused-ring (bicyclic) bond motifs is 22. The summed E-state index contributed by atoms with van der Waals surface area (Å²) >= 11 is 0. The molecular weight excluding hydrogens is 626 g/mol. The lowest BCUT2D eigenvalue weighted by atomic mass is 9.42. The van der Waals surface area contributed by atoms with Crippen LogP contribution < -0.4 is 31.5 Å². The molecule has 52 heavy (non-hydrogen) atoms. The number of benzene rings is 8. The molecule has 12 rings (SSSR count). The number of hydrogen-bond acceptors (Lipinski definition) is 2. The third-order valence-electron chi connectivity index (χ3n) is 11.9. The summed E-state index contributed by atoms with van der Waals surface area (Å²) in [5.41, 5.74) is 23.3. The summed E-state index contributed by atoms with van der Waals surface area (Å²) in [7, 11) is 0. The first kappa shape index (κ1) is 28.2. The summed E-state index contributed by atoms with van der Waals surface area (Å²) in [6.07, 6.45) is 0. The van der Waals surface area contributed by atoms with E-state index in [1.807, 2.05) is 0 Å². The maximum Gasteiger partial charge on any atom is 0.329 e. The van der Waals surface area contributed by atoms with Gasteiger partial charge < -0.3 is 9.62 Å². The highest BCUT2D eigenvalue weighted by Crippen LogP contribution is 2.50. The standard InChI is InChI=1S/C48H30B2N2/c1-7-21-40-33(14-1)37-17-5-12-26-46(37)52-47-27-13-20-32(48(47)39-19-3-9-23-42(39)49(40)52)31-28-29-35-38-18-6-11-25-45(38)51-44-24-10-4-16-36(44)34-15-2-8-22-41(34)50(51)43(35)30-31/h1-30H. The molecule has 0 unspecified atom stereocenters. The van der Waals surface area contributed by atoms with Gasteiger partial charge in [0.05, 0.1) is 0 Å². The first-order valence-corrected chi connectivity index (χ1v) is 18.3. The van der Waals surface area contributed by atoms with Gasteiger partial charge >= 0.3 is 13.7 Å². The molecule has 4 heterocycles. The molecule has 0 radical (unpaired) electrons. The maximum atomic E-state index is 2.60. The van der Waals surface area contributed by atoms with Crippen molar-refractivity contribution in [2.24, 2.45) is 0 Å². The number of nitrogens with zero attached hydrogens (tertiary/aromatic N) is 2. The molecule has 0 aromatic heterocycles. The molecule has 0 N–H and O–H groups in total. The van der Waals surface area contributed by atoms with Gasteiger partial charge in [0.15, 0.2) is 0 Å². The monoisotopic (exact) mass is 656 g/mol. The zero-order chi connectivity index (χ0) is 33.9. The van der Waals surface area contributed by atoms with Crippen molar-refractivity contribution in [1.29, 1.82) is 0 Å². The second-order valence-corrected chi connectivity index (χ2v) is 14.4. The Balaban J connectivity index is 1.12. The van der Waals surface area contributed by atoms with Gasteiger partial charge in [0.25, 0.3) is 0 Å². The van der Waals surface area contributed by atoms with Crippen LogP contribution in [0.3, 0.4) is 0 Å². The van der Waals surface area contributed by atoms with Crippen LogP contribution in [-0.4, -0.2) is 13.7 Å². The maximum absolute atomic E-state index is 2.60. The molecule has 2 nitrogen and oxygen atoms in total. The van der Waals surface area contributed by atoms with Crippen LogP contribution in [0.1, 0.15) is 0 Å². The number of rotatable bonds is 1. The van der Waals surface area contributed by atoms with E-state index in [2.05, 4.69) is 192 Å². The molecule has 0 atom stereocenters. The molecule has 0 saturated heterocycles. The van der Waals surface area contributed by atoms with Crippen molar-refractivity contribution in [2.75, 3.05) is 9.62 Å². The van der Waals surface area contributed by atoms with E-state index in [4.69, 9.17) is 0 Å². The second kappa shape index (κ2) is 10.5. The fourth-order valence-corrected chi connectivity index (χ4v) is 9.83. The summed E-state index contributed by atoms with van der Waals surface area (Å²) in [6.45, 7) is 0.148. The van der Waals surface area contributed by atoms with Gasteiger partial charge in [-0.2, -0.15) is 0 Å². The quantitative estimate of drug-likeness (QED) is 0.163. The van der Waals surface area contributed by atoms with E-state index < -0.39 is 0 Å². The second-order valence-electron chi connectivity index (χ2n) is 14.4. The molecule has 238 valence electrons. The van der Waals surface area contributed by atoms with Crippen LogP contribution in [0, 0.1) is 0 Å². The fraction of sp³-hybridized carbons (Fsp3) is 0. The first-order valence-electron chi connectivity index (χ1n) is 18.3. The molecule has 0 aliphatic carbocycles. The Kier molecular flexibility index (Phi) is 5.70. The van der Waals surface area contributed by atoms with Gasteiger partial charge in [-0.05, 0) is 79.5 Å². The Morgan fingerprint density at radius 3 is 1.23 bits per heavy atom. The van der Waals surface area contributed by atoms with E-state index in [0.29, 0.717) is 0 Å².